The van der Waals surface area contributed by atoms with E-state index < -0.39 is 12.0 Å². The molecule has 0 spiro atoms. The molecule has 2 unspecified atom stereocenters. The van der Waals surface area contributed by atoms with Gasteiger partial charge in [-0.3, -0.25) is 4.79 Å². The maximum Gasteiger partial charge on any atom is 0.328 e. The first-order chi connectivity index (χ1) is 7.96. The van der Waals surface area contributed by atoms with Crippen molar-refractivity contribution in [2.24, 2.45) is 17.6 Å². The lowest BCUT2D eigenvalue weighted by Gasteiger charge is -2.21. The van der Waals surface area contributed by atoms with Crippen LogP contribution in [0.4, 0.5) is 0 Å². The molecule has 0 aliphatic rings. The van der Waals surface area contributed by atoms with Gasteiger partial charge in [-0.25, -0.2) is 4.79 Å². The predicted molar refractivity (Wildman–Crippen MR) is 66.2 cm³/mol. The van der Waals surface area contributed by atoms with Crippen LogP contribution < -0.4 is 11.1 Å². The van der Waals surface area contributed by atoms with Gasteiger partial charge in [-0.15, -0.1) is 0 Å². The van der Waals surface area contributed by atoms with Crippen molar-refractivity contribution >= 4 is 11.9 Å². The molecule has 0 aliphatic heterocycles. The Hall–Kier alpha value is -1.10. The number of hydrogen-bond donors (Lipinski definition) is 2. The monoisotopic (exact) mass is 244 g/mol. The number of hydrogen-bond acceptors (Lipinski definition) is 4. The fourth-order valence-corrected chi connectivity index (χ4v) is 1.58. The number of methoxy groups -OCH3 is 1. The van der Waals surface area contributed by atoms with E-state index in [-0.39, 0.29) is 18.4 Å². The van der Waals surface area contributed by atoms with Crippen molar-refractivity contribution in [3.05, 3.63) is 0 Å². The molecular formula is C12H24N2O3. The average molecular weight is 244 g/mol. The molecule has 0 bridgehead atoms. The summed E-state index contributed by atoms with van der Waals surface area (Å²) in [5.74, 6) is -0.517. The van der Waals surface area contributed by atoms with Gasteiger partial charge in [0, 0.05) is 12.5 Å². The zero-order valence-corrected chi connectivity index (χ0v) is 11.2. The van der Waals surface area contributed by atoms with Gasteiger partial charge in [-0.05, 0) is 18.8 Å². The molecule has 100 valence electrons. The number of carbonyl (C=O) groups excluding carboxylic acids is 2. The smallest absolute Gasteiger partial charge is 0.328 e. The van der Waals surface area contributed by atoms with Crippen molar-refractivity contribution in [1.82, 2.24) is 5.32 Å². The highest BCUT2D eigenvalue weighted by Crippen LogP contribution is 2.08. The molecule has 0 saturated heterocycles. The fourth-order valence-electron chi connectivity index (χ4n) is 1.58. The molecule has 0 rings (SSSR count). The zero-order chi connectivity index (χ0) is 13.4. The van der Waals surface area contributed by atoms with Crippen molar-refractivity contribution in [3.63, 3.8) is 0 Å². The third kappa shape index (κ3) is 5.68. The minimum absolute atomic E-state index is 0.175. The van der Waals surface area contributed by atoms with Crippen LogP contribution >= 0.6 is 0 Å². The van der Waals surface area contributed by atoms with Gasteiger partial charge in [0.05, 0.1) is 7.11 Å². The minimum Gasteiger partial charge on any atom is -0.467 e. The van der Waals surface area contributed by atoms with Crippen LogP contribution in [0.15, 0.2) is 0 Å². The lowest BCUT2D eigenvalue weighted by Crippen LogP contribution is -2.46. The Kier molecular flexibility index (Phi) is 7.54. The van der Waals surface area contributed by atoms with Crippen molar-refractivity contribution in [3.8, 4) is 0 Å². The summed E-state index contributed by atoms with van der Waals surface area (Å²) in [6, 6.07) is -0.576. The molecule has 5 heteroatoms. The van der Waals surface area contributed by atoms with E-state index in [2.05, 4.69) is 10.1 Å². The predicted octanol–water partition coefficient (Wildman–Crippen LogP) is 0.675. The number of ether oxygens (including phenoxy) is 1. The van der Waals surface area contributed by atoms with Gasteiger partial charge in [0.15, 0.2) is 0 Å². The Morgan fingerprint density at radius 2 is 1.94 bits per heavy atom. The molecule has 0 heterocycles. The summed E-state index contributed by atoms with van der Waals surface area (Å²) in [7, 11) is 1.32. The van der Waals surface area contributed by atoms with E-state index in [0.717, 1.165) is 0 Å². The molecule has 0 aromatic rings. The van der Waals surface area contributed by atoms with Crippen LogP contribution in [0, 0.1) is 11.8 Å². The van der Waals surface area contributed by atoms with E-state index in [0.29, 0.717) is 18.8 Å². The standard InChI is InChI=1S/C12H24N2O3/c1-5-9(7-13)11(15)14-10(6-8(2)3)12(16)17-4/h8-10H,5-7,13H2,1-4H3,(H,14,15). The summed E-state index contributed by atoms with van der Waals surface area (Å²) in [6.45, 7) is 6.16. The molecule has 0 aromatic heterocycles. The highest BCUT2D eigenvalue weighted by atomic mass is 16.5. The van der Waals surface area contributed by atoms with Gasteiger partial charge in [-0.1, -0.05) is 20.8 Å². The van der Waals surface area contributed by atoms with Gasteiger partial charge < -0.3 is 15.8 Å². The molecule has 5 nitrogen and oxygen atoms in total. The first-order valence-electron chi connectivity index (χ1n) is 6.04. The normalized spacial score (nSPS) is 14.2. The lowest BCUT2D eigenvalue weighted by molar-refractivity contribution is -0.146. The van der Waals surface area contributed by atoms with Gasteiger partial charge in [0.25, 0.3) is 0 Å². The second-order valence-electron chi connectivity index (χ2n) is 4.55. The van der Waals surface area contributed by atoms with Gasteiger partial charge in [0.2, 0.25) is 5.91 Å². The molecule has 3 N–H and O–H groups in total. The van der Waals surface area contributed by atoms with E-state index in [1.165, 1.54) is 7.11 Å². The zero-order valence-electron chi connectivity index (χ0n) is 11.2. The van der Waals surface area contributed by atoms with E-state index in [1.807, 2.05) is 20.8 Å². The number of amides is 1. The summed E-state index contributed by atoms with van der Waals surface area (Å²) in [5.41, 5.74) is 5.49. The third-order valence-electron chi connectivity index (χ3n) is 2.66. The number of nitrogens with one attached hydrogen (secondary N) is 1. The maximum atomic E-state index is 11.8. The van der Waals surface area contributed by atoms with Gasteiger partial charge in [0.1, 0.15) is 6.04 Å². The fraction of sp³-hybridized carbons (Fsp3) is 0.833. The van der Waals surface area contributed by atoms with Crippen LogP contribution in [-0.4, -0.2) is 31.6 Å². The number of rotatable bonds is 7. The first kappa shape index (κ1) is 15.9. The largest absolute Gasteiger partial charge is 0.467 e. The molecule has 1 amide bonds. The van der Waals surface area contributed by atoms with Crippen LogP contribution in [0.2, 0.25) is 0 Å². The Balaban J connectivity index is 4.51. The van der Waals surface area contributed by atoms with E-state index in [4.69, 9.17) is 5.73 Å². The summed E-state index contributed by atoms with van der Waals surface area (Å²) < 4.78 is 4.68. The summed E-state index contributed by atoms with van der Waals surface area (Å²) in [5, 5.41) is 2.71. The molecule has 0 aromatic carbocycles. The Morgan fingerprint density at radius 1 is 1.35 bits per heavy atom. The quantitative estimate of drug-likeness (QED) is 0.645. The van der Waals surface area contributed by atoms with Crippen molar-refractivity contribution in [2.45, 2.75) is 39.7 Å². The van der Waals surface area contributed by atoms with Crippen LogP contribution in [-0.2, 0) is 14.3 Å². The summed E-state index contributed by atoms with van der Waals surface area (Å²) in [6.07, 6.45) is 1.23. The molecule has 0 radical (unpaired) electrons. The highest BCUT2D eigenvalue weighted by Gasteiger charge is 2.25. The van der Waals surface area contributed by atoms with E-state index >= 15 is 0 Å². The van der Waals surface area contributed by atoms with Gasteiger partial charge >= 0.3 is 5.97 Å². The van der Waals surface area contributed by atoms with Crippen molar-refractivity contribution < 1.29 is 14.3 Å². The highest BCUT2D eigenvalue weighted by molar-refractivity contribution is 5.85. The van der Waals surface area contributed by atoms with Gasteiger partial charge in [-0.2, -0.15) is 0 Å². The number of esters is 1. The van der Waals surface area contributed by atoms with Crippen molar-refractivity contribution in [1.29, 1.82) is 0 Å². The second kappa shape index (κ2) is 8.06. The molecule has 0 saturated carbocycles. The Labute approximate surface area is 103 Å². The third-order valence-corrected chi connectivity index (χ3v) is 2.66. The van der Waals surface area contributed by atoms with Crippen LogP contribution in [0.3, 0.4) is 0 Å². The van der Waals surface area contributed by atoms with E-state index in [1.54, 1.807) is 0 Å². The lowest BCUT2D eigenvalue weighted by atomic mass is 10.0. The summed E-state index contributed by atoms with van der Waals surface area (Å²) >= 11 is 0. The van der Waals surface area contributed by atoms with Crippen LogP contribution in [0.1, 0.15) is 33.6 Å². The average Bonchev–Trinajstić information content (AvgIpc) is 2.28. The molecule has 0 fully saturated rings. The summed E-state index contributed by atoms with van der Waals surface area (Å²) in [4.78, 5) is 23.3. The number of nitrogens with two attached hydrogens (primary N) is 1. The maximum absolute atomic E-state index is 11.8. The SMILES string of the molecule is CCC(CN)C(=O)NC(CC(C)C)C(=O)OC. The number of carbonyl (C=O) groups is 2. The first-order valence-corrected chi connectivity index (χ1v) is 6.04. The minimum atomic E-state index is -0.576. The molecule has 0 aliphatic carbocycles. The van der Waals surface area contributed by atoms with Crippen molar-refractivity contribution in [2.75, 3.05) is 13.7 Å². The Bertz CT molecular complexity index is 250. The van der Waals surface area contributed by atoms with Crippen LogP contribution in [0.25, 0.3) is 0 Å². The van der Waals surface area contributed by atoms with Crippen LogP contribution in [0.5, 0.6) is 0 Å². The molecular weight excluding hydrogens is 220 g/mol. The second-order valence-corrected chi connectivity index (χ2v) is 4.55. The molecule has 17 heavy (non-hydrogen) atoms. The molecule has 2 atom stereocenters. The topological polar surface area (TPSA) is 81.4 Å². The Morgan fingerprint density at radius 3 is 2.29 bits per heavy atom. The van der Waals surface area contributed by atoms with E-state index in [9.17, 15) is 9.59 Å².